The second-order valence-electron chi connectivity index (χ2n) is 3.93. The topological polar surface area (TPSA) is 85.8 Å². The number of hydrogen-bond donors (Lipinski definition) is 2. The zero-order chi connectivity index (χ0) is 12.6. The molecule has 6 nitrogen and oxygen atoms in total. The Bertz CT molecular complexity index is 587. The van der Waals surface area contributed by atoms with Crippen molar-refractivity contribution in [3.63, 3.8) is 0 Å². The van der Waals surface area contributed by atoms with Gasteiger partial charge in [0.05, 0.1) is 5.39 Å². The molecule has 2 aromatic rings. The fourth-order valence-corrected chi connectivity index (χ4v) is 1.91. The van der Waals surface area contributed by atoms with E-state index in [1.807, 2.05) is 18.4 Å². The molecule has 2 heterocycles. The van der Waals surface area contributed by atoms with Crippen molar-refractivity contribution < 1.29 is 4.79 Å². The zero-order valence-corrected chi connectivity index (χ0v) is 10.1. The Morgan fingerprint density at radius 1 is 1.47 bits per heavy atom. The first-order valence-corrected chi connectivity index (χ1v) is 5.32. The molecule has 6 heteroatoms. The molecule has 0 atom stereocenters. The Hall–Kier alpha value is -2.11. The first-order chi connectivity index (χ1) is 8.06. The summed E-state index contributed by atoms with van der Waals surface area (Å²) in [5.41, 5.74) is 8.54. The number of aryl methyl sites for hydroxylation is 1. The minimum absolute atomic E-state index is 0.0674. The molecular formula is C11H15N5O. The third-order valence-corrected chi connectivity index (χ3v) is 3.02. The predicted molar refractivity (Wildman–Crippen MR) is 65.5 cm³/mol. The molecule has 0 spiro atoms. The number of fused-ring (bicyclic) bond motifs is 1. The van der Waals surface area contributed by atoms with Gasteiger partial charge in [-0.2, -0.15) is 0 Å². The average Bonchev–Trinajstić information content (AvgIpc) is 2.55. The van der Waals surface area contributed by atoms with Crippen molar-refractivity contribution in [2.24, 2.45) is 0 Å². The summed E-state index contributed by atoms with van der Waals surface area (Å²) in [4.78, 5) is 19.6. The molecule has 0 bridgehead atoms. The van der Waals surface area contributed by atoms with E-state index < -0.39 is 0 Å². The van der Waals surface area contributed by atoms with Crippen molar-refractivity contribution in [1.82, 2.24) is 19.9 Å². The first kappa shape index (κ1) is 11.4. The second kappa shape index (κ2) is 4.04. The molecule has 2 rings (SSSR count). The summed E-state index contributed by atoms with van der Waals surface area (Å²) in [7, 11) is 1.61. The van der Waals surface area contributed by atoms with Gasteiger partial charge in [-0.15, -0.1) is 0 Å². The number of rotatable bonds is 2. The van der Waals surface area contributed by atoms with E-state index >= 15 is 0 Å². The molecule has 0 aliphatic heterocycles. The predicted octanol–water partition coefficient (Wildman–Crippen LogP) is 0.376. The van der Waals surface area contributed by atoms with Crippen molar-refractivity contribution in [2.75, 3.05) is 12.8 Å². The molecule has 1 amide bonds. The van der Waals surface area contributed by atoms with Crippen molar-refractivity contribution in [2.45, 2.75) is 20.4 Å². The Labute approximate surface area is 98.8 Å². The van der Waals surface area contributed by atoms with E-state index in [2.05, 4.69) is 15.3 Å². The van der Waals surface area contributed by atoms with Crippen LogP contribution >= 0.6 is 0 Å². The number of likely N-dealkylation sites (N-methyl/N-ethyl adjacent to an activating group) is 1. The van der Waals surface area contributed by atoms with Crippen LogP contribution in [-0.4, -0.2) is 27.5 Å². The summed E-state index contributed by atoms with van der Waals surface area (Å²) in [6, 6.07) is 0. The largest absolute Gasteiger partial charge is 0.383 e. The fourth-order valence-electron chi connectivity index (χ4n) is 1.91. The summed E-state index contributed by atoms with van der Waals surface area (Å²) in [6.07, 6.45) is 1.41. The number of nitrogens with one attached hydrogen (secondary N) is 1. The van der Waals surface area contributed by atoms with E-state index in [-0.39, 0.29) is 12.5 Å². The fraction of sp³-hybridized carbons (Fsp3) is 0.364. The SMILES string of the molecule is CNC(=O)Cn1c(C)c(C)c2c(N)ncnc21. The van der Waals surface area contributed by atoms with Crippen LogP contribution in [0.3, 0.4) is 0 Å². The van der Waals surface area contributed by atoms with Gasteiger partial charge in [0.1, 0.15) is 24.3 Å². The molecular weight excluding hydrogens is 218 g/mol. The van der Waals surface area contributed by atoms with Crippen LogP contribution in [0.5, 0.6) is 0 Å². The molecule has 17 heavy (non-hydrogen) atoms. The van der Waals surface area contributed by atoms with Gasteiger partial charge in [-0.1, -0.05) is 0 Å². The van der Waals surface area contributed by atoms with E-state index in [1.165, 1.54) is 6.33 Å². The molecule has 2 aromatic heterocycles. The number of nitrogens with two attached hydrogens (primary N) is 1. The van der Waals surface area contributed by atoms with Gasteiger partial charge >= 0.3 is 0 Å². The third kappa shape index (κ3) is 1.71. The highest BCUT2D eigenvalue weighted by atomic mass is 16.1. The molecule has 90 valence electrons. The molecule has 0 saturated heterocycles. The number of aromatic nitrogens is 3. The maximum absolute atomic E-state index is 11.5. The van der Waals surface area contributed by atoms with Gasteiger partial charge in [-0.25, -0.2) is 9.97 Å². The van der Waals surface area contributed by atoms with Gasteiger partial charge in [0.25, 0.3) is 0 Å². The molecule has 0 fully saturated rings. The molecule has 0 aliphatic carbocycles. The monoisotopic (exact) mass is 233 g/mol. The smallest absolute Gasteiger partial charge is 0.239 e. The van der Waals surface area contributed by atoms with E-state index in [0.29, 0.717) is 11.5 Å². The Morgan fingerprint density at radius 3 is 2.82 bits per heavy atom. The molecule has 0 unspecified atom stereocenters. The summed E-state index contributed by atoms with van der Waals surface area (Å²) < 4.78 is 1.85. The average molecular weight is 233 g/mol. The van der Waals surface area contributed by atoms with Gasteiger partial charge in [0.15, 0.2) is 0 Å². The van der Waals surface area contributed by atoms with Gasteiger partial charge in [-0.05, 0) is 19.4 Å². The minimum atomic E-state index is -0.0674. The number of hydrogen-bond acceptors (Lipinski definition) is 4. The van der Waals surface area contributed by atoms with Crippen molar-refractivity contribution in [3.05, 3.63) is 17.6 Å². The van der Waals surface area contributed by atoms with E-state index in [9.17, 15) is 4.79 Å². The lowest BCUT2D eigenvalue weighted by Gasteiger charge is -2.06. The van der Waals surface area contributed by atoms with Gasteiger partial charge in [0, 0.05) is 12.7 Å². The van der Waals surface area contributed by atoms with Crippen molar-refractivity contribution >= 4 is 22.8 Å². The number of anilines is 1. The number of carbonyl (C=O) groups is 1. The molecule has 3 N–H and O–H groups in total. The van der Waals surface area contributed by atoms with Crippen LogP contribution in [0, 0.1) is 13.8 Å². The summed E-state index contributed by atoms with van der Waals surface area (Å²) in [6.45, 7) is 4.14. The molecule has 0 radical (unpaired) electrons. The number of nitrogen functional groups attached to an aromatic ring is 1. The standard InChI is InChI=1S/C11H15N5O/c1-6-7(2)16(4-8(17)13-3)11-9(6)10(12)14-5-15-11/h5H,4H2,1-3H3,(H,13,17)(H2,12,14,15). The Kier molecular flexibility index (Phi) is 2.71. The first-order valence-electron chi connectivity index (χ1n) is 5.32. The van der Waals surface area contributed by atoms with E-state index in [4.69, 9.17) is 5.73 Å². The highest BCUT2D eigenvalue weighted by Crippen LogP contribution is 2.26. The van der Waals surface area contributed by atoms with Crippen LogP contribution in [0.4, 0.5) is 5.82 Å². The lowest BCUT2D eigenvalue weighted by atomic mass is 10.2. The van der Waals surface area contributed by atoms with E-state index in [1.54, 1.807) is 7.05 Å². The van der Waals surface area contributed by atoms with Crippen molar-refractivity contribution in [3.8, 4) is 0 Å². The highest BCUT2D eigenvalue weighted by molar-refractivity contribution is 5.91. The van der Waals surface area contributed by atoms with Gasteiger partial charge < -0.3 is 15.6 Å². The highest BCUT2D eigenvalue weighted by Gasteiger charge is 2.16. The van der Waals surface area contributed by atoms with Gasteiger partial charge in [-0.3, -0.25) is 4.79 Å². The second-order valence-corrected chi connectivity index (χ2v) is 3.93. The number of nitrogens with zero attached hydrogens (tertiary/aromatic N) is 3. The summed E-state index contributed by atoms with van der Waals surface area (Å²) >= 11 is 0. The molecule has 0 aromatic carbocycles. The molecule has 0 aliphatic rings. The van der Waals surface area contributed by atoms with Crippen LogP contribution in [-0.2, 0) is 11.3 Å². The normalized spacial score (nSPS) is 10.8. The van der Waals surface area contributed by atoms with Crippen LogP contribution < -0.4 is 11.1 Å². The Balaban J connectivity index is 2.67. The van der Waals surface area contributed by atoms with Crippen LogP contribution in [0.25, 0.3) is 11.0 Å². The Morgan fingerprint density at radius 2 is 2.18 bits per heavy atom. The minimum Gasteiger partial charge on any atom is -0.383 e. The quantitative estimate of drug-likeness (QED) is 0.785. The zero-order valence-electron chi connectivity index (χ0n) is 10.1. The van der Waals surface area contributed by atoms with Crippen LogP contribution in [0.1, 0.15) is 11.3 Å². The maximum Gasteiger partial charge on any atom is 0.239 e. The van der Waals surface area contributed by atoms with Crippen molar-refractivity contribution in [1.29, 1.82) is 0 Å². The van der Waals surface area contributed by atoms with Gasteiger partial charge in [0.2, 0.25) is 5.91 Å². The third-order valence-electron chi connectivity index (χ3n) is 3.02. The van der Waals surface area contributed by atoms with E-state index in [0.717, 1.165) is 16.6 Å². The maximum atomic E-state index is 11.5. The number of amides is 1. The summed E-state index contributed by atoms with van der Waals surface area (Å²) in [5.74, 6) is 0.383. The van der Waals surface area contributed by atoms with Crippen LogP contribution in [0.15, 0.2) is 6.33 Å². The molecule has 0 saturated carbocycles. The summed E-state index contributed by atoms with van der Waals surface area (Å²) in [5, 5.41) is 3.42. The lowest BCUT2D eigenvalue weighted by Crippen LogP contribution is -2.24. The van der Waals surface area contributed by atoms with Crippen LogP contribution in [0.2, 0.25) is 0 Å². The number of carbonyl (C=O) groups excluding carboxylic acids is 1. The lowest BCUT2D eigenvalue weighted by molar-refractivity contribution is -0.121.